The third-order valence-corrected chi connectivity index (χ3v) is 3.27. The van der Waals surface area contributed by atoms with Crippen LogP contribution in [0.25, 0.3) is 11.1 Å². The van der Waals surface area contributed by atoms with Crippen LogP contribution in [0, 0.1) is 0 Å². The van der Waals surface area contributed by atoms with Crippen LogP contribution in [0.1, 0.15) is 0 Å². The molecule has 16 heavy (non-hydrogen) atoms. The van der Waals surface area contributed by atoms with Gasteiger partial charge in [-0.25, -0.2) is 0 Å². The first-order valence-corrected chi connectivity index (χ1v) is 5.67. The molecule has 0 spiro atoms. The first-order chi connectivity index (χ1) is 7.70. The van der Waals surface area contributed by atoms with Crippen LogP contribution in [-0.2, 0) is 0 Å². The van der Waals surface area contributed by atoms with Gasteiger partial charge in [0.2, 0.25) is 0 Å². The van der Waals surface area contributed by atoms with Crippen molar-refractivity contribution < 1.29 is 14.8 Å². The van der Waals surface area contributed by atoms with Crippen LogP contribution in [0.3, 0.4) is 0 Å². The van der Waals surface area contributed by atoms with E-state index >= 15 is 0 Å². The Balaban J connectivity index is 2.28. The summed E-state index contributed by atoms with van der Waals surface area (Å²) < 4.78 is 5.62. The van der Waals surface area contributed by atoms with E-state index in [4.69, 9.17) is 14.8 Å². The van der Waals surface area contributed by atoms with Crippen LogP contribution < -0.4 is 9.51 Å². The van der Waals surface area contributed by atoms with Gasteiger partial charge in [0.05, 0.1) is 7.11 Å². The highest BCUT2D eigenvalue weighted by atomic mass is 32.1. The Hall–Kier alpha value is -1.30. The Morgan fingerprint density at radius 2 is 1.81 bits per heavy atom. The standard InChI is InChI=1S/C11H11BO3S/c1-15-10-4-2-8(3-5-10)9-6-11(12(13)14)16-7-9/h2-7,13-14H,1H3. The predicted molar refractivity (Wildman–Crippen MR) is 66.1 cm³/mol. The van der Waals surface area contributed by atoms with Gasteiger partial charge >= 0.3 is 7.12 Å². The van der Waals surface area contributed by atoms with Crippen molar-refractivity contribution in [2.24, 2.45) is 0 Å². The fraction of sp³-hybridized carbons (Fsp3) is 0.0909. The van der Waals surface area contributed by atoms with Crippen molar-refractivity contribution >= 4 is 23.2 Å². The van der Waals surface area contributed by atoms with Crippen molar-refractivity contribution in [3.63, 3.8) is 0 Å². The SMILES string of the molecule is COc1ccc(-c2csc(B(O)O)c2)cc1. The minimum Gasteiger partial charge on any atom is -0.497 e. The summed E-state index contributed by atoms with van der Waals surface area (Å²) >= 11 is 1.33. The molecule has 0 aliphatic rings. The molecule has 3 nitrogen and oxygen atoms in total. The lowest BCUT2D eigenvalue weighted by molar-refractivity contribution is 0.415. The zero-order valence-corrected chi connectivity index (χ0v) is 9.57. The molecule has 0 saturated carbocycles. The highest BCUT2D eigenvalue weighted by molar-refractivity contribution is 7.20. The minimum atomic E-state index is -1.39. The van der Waals surface area contributed by atoms with Crippen LogP contribution in [0.5, 0.6) is 5.75 Å². The molecule has 2 N–H and O–H groups in total. The largest absolute Gasteiger partial charge is 0.499 e. The third-order valence-electron chi connectivity index (χ3n) is 2.30. The maximum atomic E-state index is 9.01. The normalized spacial score (nSPS) is 10.2. The molecule has 0 unspecified atom stereocenters. The van der Waals surface area contributed by atoms with Gasteiger partial charge in [-0.05, 0) is 34.7 Å². The Bertz CT molecular complexity index is 464. The number of hydrogen-bond donors (Lipinski definition) is 2. The number of benzene rings is 1. The maximum Gasteiger partial charge on any atom is 0.499 e. The highest BCUT2D eigenvalue weighted by Crippen LogP contribution is 2.23. The minimum absolute atomic E-state index is 0.547. The smallest absolute Gasteiger partial charge is 0.497 e. The third kappa shape index (κ3) is 2.27. The quantitative estimate of drug-likeness (QED) is 0.782. The zero-order valence-electron chi connectivity index (χ0n) is 8.75. The molecule has 0 saturated heterocycles. The van der Waals surface area contributed by atoms with Gasteiger partial charge in [0.25, 0.3) is 0 Å². The summed E-state index contributed by atoms with van der Waals surface area (Å²) in [7, 11) is 0.233. The van der Waals surface area contributed by atoms with E-state index < -0.39 is 7.12 Å². The van der Waals surface area contributed by atoms with E-state index in [0.717, 1.165) is 16.9 Å². The topological polar surface area (TPSA) is 49.7 Å². The van der Waals surface area contributed by atoms with Gasteiger partial charge in [0, 0.05) is 4.78 Å². The monoisotopic (exact) mass is 234 g/mol. The molecule has 0 radical (unpaired) electrons. The number of hydrogen-bond acceptors (Lipinski definition) is 4. The van der Waals surface area contributed by atoms with Gasteiger partial charge in [-0.3, -0.25) is 0 Å². The molecular formula is C11H11BO3S. The number of ether oxygens (including phenoxy) is 1. The summed E-state index contributed by atoms with van der Waals surface area (Å²) in [5.41, 5.74) is 2.01. The second kappa shape index (κ2) is 4.70. The van der Waals surface area contributed by atoms with E-state index in [-0.39, 0.29) is 0 Å². The van der Waals surface area contributed by atoms with E-state index in [1.54, 1.807) is 13.2 Å². The summed E-state index contributed by atoms with van der Waals surface area (Å²) in [5, 5.41) is 19.9. The summed E-state index contributed by atoms with van der Waals surface area (Å²) in [6.07, 6.45) is 0. The maximum absolute atomic E-state index is 9.01. The second-order valence-corrected chi connectivity index (χ2v) is 4.28. The average molecular weight is 234 g/mol. The van der Waals surface area contributed by atoms with Gasteiger partial charge in [-0.2, -0.15) is 11.3 Å². The van der Waals surface area contributed by atoms with Crippen LogP contribution >= 0.6 is 11.3 Å². The Labute approximate surface area is 98.1 Å². The molecule has 1 aromatic carbocycles. The zero-order chi connectivity index (χ0) is 11.5. The number of thiophene rings is 1. The first kappa shape index (κ1) is 11.2. The van der Waals surface area contributed by atoms with Crippen molar-refractivity contribution in [3.05, 3.63) is 35.7 Å². The van der Waals surface area contributed by atoms with E-state index in [1.807, 2.05) is 29.6 Å². The van der Waals surface area contributed by atoms with Gasteiger partial charge < -0.3 is 14.8 Å². The van der Waals surface area contributed by atoms with Crippen molar-refractivity contribution in [3.8, 4) is 16.9 Å². The summed E-state index contributed by atoms with van der Waals surface area (Å²) in [5.74, 6) is 0.807. The first-order valence-electron chi connectivity index (χ1n) is 4.79. The Kier molecular flexibility index (Phi) is 3.29. The van der Waals surface area contributed by atoms with E-state index in [9.17, 15) is 0 Å². The van der Waals surface area contributed by atoms with Crippen molar-refractivity contribution in [2.45, 2.75) is 0 Å². The molecule has 0 aliphatic heterocycles. The molecule has 1 heterocycles. The molecule has 0 atom stereocenters. The molecule has 5 heteroatoms. The average Bonchev–Trinajstić information content (AvgIpc) is 2.78. The van der Waals surface area contributed by atoms with Gasteiger partial charge in [-0.1, -0.05) is 12.1 Å². The fourth-order valence-electron chi connectivity index (χ4n) is 1.42. The lowest BCUT2D eigenvalue weighted by Gasteiger charge is -2.01. The Morgan fingerprint density at radius 3 is 2.31 bits per heavy atom. The molecule has 0 amide bonds. The van der Waals surface area contributed by atoms with Gasteiger partial charge in [0.15, 0.2) is 0 Å². The fourth-order valence-corrected chi connectivity index (χ4v) is 2.21. The van der Waals surface area contributed by atoms with E-state index in [0.29, 0.717) is 4.78 Å². The molecule has 1 aromatic heterocycles. The molecule has 82 valence electrons. The van der Waals surface area contributed by atoms with Crippen molar-refractivity contribution in [1.29, 1.82) is 0 Å². The summed E-state index contributed by atoms with van der Waals surface area (Å²) in [4.78, 5) is 0. The molecular weight excluding hydrogens is 223 g/mol. The molecule has 0 fully saturated rings. The van der Waals surface area contributed by atoms with Gasteiger partial charge in [0.1, 0.15) is 5.75 Å². The van der Waals surface area contributed by atoms with Crippen LogP contribution in [0.2, 0.25) is 0 Å². The van der Waals surface area contributed by atoms with Crippen LogP contribution in [0.4, 0.5) is 0 Å². The van der Waals surface area contributed by atoms with Crippen LogP contribution in [-0.4, -0.2) is 24.3 Å². The number of rotatable bonds is 3. The second-order valence-electron chi connectivity index (χ2n) is 3.34. The summed E-state index contributed by atoms with van der Waals surface area (Å²) in [6.45, 7) is 0. The Morgan fingerprint density at radius 1 is 1.12 bits per heavy atom. The summed E-state index contributed by atoms with van der Waals surface area (Å²) in [6, 6.07) is 9.41. The molecule has 0 bridgehead atoms. The highest BCUT2D eigenvalue weighted by Gasteiger charge is 2.14. The lowest BCUT2D eigenvalue weighted by Crippen LogP contribution is -2.26. The lowest BCUT2D eigenvalue weighted by atomic mass is 9.88. The van der Waals surface area contributed by atoms with Crippen molar-refractivity contribution in [1.82, 2.24) is 0 Å². The molecule has 2 rings (SSSR count). The van der Waals surface area contributed by atoms with Gasteiger partial charge in [-0.15, -0.1) is 0 Å². The predicted octanol–water partition coefficient (Wildman–Crippen LogP) is 1.10. The molecule has 0 aliphatic carbocycles. The molecule has 2 aromatic rings. The van der Waals surface area contributed by atoms with Crippen molar-refractivity contribution in [2.75, 3.05) is 7.11 Å². The van der Waals surface area contributed by atoms with E-state index in [1.165, 1.54) is 11.3 Å². The van der Waals surface area contributed by atoms with E-state index in [2.05, 4.69) is 0 Å². The van der Waals surface area contributed by atoms with Crippen LogP contribution in [0.15, 0.2) is 35.7 Å². The number of methoxy groups -OCH3 is 1.